The fraction of sp³-hybridized carbons (Fsp3) is 0.500. The third-order valence-corrected chi connectivity index (χ3v) is 1.67. The Balaban J connectivity index is 3.19. The lowest BCUT2D eigenvalue weighted by Crippen LogP contribution is -2.18. The summed E-state index contributed by atoms with van der Waals surface area (Å²) in [5.41, 5.74) is 6.07. The number of nitrogen functional groups attached to an aromatic ring is 1. The Morgan fingerprint density at radius 1 is 1.58 bits per heavy atom. The molecule has 4 heteroatoms. The molecule has 66 valence electrons. The maximum absolute atomic E-state index is 11.3. The minimum atomic E-state index is -0.109. The number of aromatic nitrogens is 2. The van der Waals surface area contributed by atoms with Crippen LogP contribution in [0.15, 0.2) is 4.79 Å². The Morgan fingerprint density at radius 3 is 2.75 bits per heavy atom. The van der Waals surface area contributed by atoms with Gasteiger partial charge in [-0.25, -0.2) is 4.98 Å². The van der Waals surface area contributed by atoms with Crippen molar-refractivity contribution in [2.24, 2.45) is 0 Å². The zero-order valence-corrected chi connectivity index (χ0v) is 7.35. The van der Waals surface area contributed by atoms with Crippen LogP contribution in [0.25, 0.3) is 0 Å². The van der Waals surface area contributed by atoms with Gasteiger partial charge in [-0.1, -0.05) is 13.3 Å². The Kier molecular flexibility index (Phi) is 2.47. The molecule has 0 atom stereocenters. The van der Waals surface area contributed by atoms with Crippen molar-refractivity contribution in [3.05, 3.63) is 21.7 Å². The molecule has 0 amide bonds. The van der Waals surface area contributed by atoms with Gasteiger partial charge in [-0.2, -0.15) is 0 Å². The fourth-order valence-corrected chi connectivity index (χ4v) is 1.12. The van der Waals surface area contributed by atoms with E-state index in [4.69, 9.17) is 5.73 Å². The van der Waals surface area contributed by atoms with Crippen molar-refractivity contribution in [1.82, 2.24) is 9.97 Å². The summed E-state index contributed by atoms with van der Waals surface area (Å²) >= 11 is 0. The van der Waals surface area contributed by atoms with E-state index in [2.05, 4.69) is 9.97 Å². The number of nitrogens with two attached hydrogens (primary N) is 1. The highest BCUT2D eigenvalue weighted by Crippen LogP contribution is 2.04. The van der Waals surface area contributed by atoms with Crippen molar-refractivity contribution in [3.63, 3.8) is 0 Å². The summed E-state index contributed by atoms with van der Waals surface area (Å²) in [5.74, 6) is 0.926. The minimum absolute atomic E-state index is 0.109. The number of H-pyrrole nitrogens is 1. The van der Waals surface area contributed by atoms with Crippen molar-refractivity contribution >= 4 is 5.82 Å². The molecule has 0 aliphatic rings. The van der Waals surface area contributed by atoms with E-state index in [1.54, 1.807) is 6.92 Å². The average Bonchev–Trinajstić information content (AvgIpc) is 1.96. The van der Waals surface area contributed by atoms with Crippen LogP contribution in [-0.2, 0) is 6.42 Å². The van der Waals surface area contributed by atoms with E-state index in [-0.39, 0.29) is 5.56 Å². The van der Waals surface area contributed by atoms with Gasteiger partial charge in [-0.3, -0.25) is 4.79 Å². The molecular weight excluding hydrogens is 154 g/mol. The Morgan fingerprint density at radius 2 is 2.25 bits per heavy atom. The van der Waals surface area contributed by atoms with Crippen molar-refractivity contribution < 1.29 is 0 Å². The number of rotatable bonds is 2. The molecule has 0 aliphatic heterocycles. The van der Waals surface area contributed by atoms with E-state index in [0.29, 0.717) is 23.6 Å². The summed E-state index contributed by atoms with van der Waals surface area (Å²) in [6, 6.07) is 0. The summed E-state index contributed by atoms with van der Waals surface area (Å²) in [4.78, 5) is 17.9. The topological polar surface area (TPSA) is 71.8 Å². The second-order valence-corrected chi connectivity index (χ2v) is 2.77. The number of nitrogens with zero attached hydrogens (tertiary/aromatic N) is 1. The number of aryl methyl sites for hydroxylation is 1. The number of aromatic amines is 1. The molecule has 0 saturated heterocycles. The molecule has 0 unspecified atom stereocenters. The van der Waals surface area contributed by atoms with E-state index in [1.807, 2.05) is 6.92 Å². The van der Waals surface area contributed by atoms with Crippen LogP contribution in [0.3, 0.4) is 0 Å². The molecule has 0 bridgehead atoms. The zero-order valence-electron chi connectivity index (χ0n) is 7.35. The Labute approximate surface area is 70.8 Å². The van der Waals surface area contributed by atoms with Gasteiger partial charge < -0.3 is 10.7 Å². The van der Waals surface area contributed by atoms with Crippen molar-refractivity contribution in [1.29, 1.82) is 0 Å². The van der Waals surface area contributed by atoms with Crippen molar-refractivity contribution in [2.75, 3.05) is 5.73 Å². The highest BCUT2D eigenvalue weighted by Gasteiger charge is 2.04. The van der Waals surface area contributed by atoms with Crippen molar-refractivity contribution in [3.8, 4) is 0 Å². The van der Waals surface area contributed by atoms with E-state index < -0.39 is 0 Å². The van der Waals surface area contributed by atoms with Crippen LogP contribution < -0.4 is 11.3 Å². The molecule has 0 fully saturated rings. The van der Waals surface area contributed by atoms with Crippen LogP contribution in [-0.4, -0.2) is 9.97 Å². The van der Waals surface area contributed by atoms with E-state index >= 15 is 0 Å². The maximum atomic E-state index is 11.3. The highest BCUT2D eigenvalue weighted by atomic mass is 16.1. The summed E-state index contributed by atoms with van der Waals surface area (Å²) < 4.78 is 0. The van der Waals surface area contributed by atoms with Crippen LogP contribution in [0.5, 0.6) is 0 Å². The van der Waals surface area contributed by atoms with Gasteiger partial charge in [-0.15, -0.1) is 0 Å². The quantitative estimate of drug-likeness (QED) is 0.678. The van der Waals surface area contributed by atoms with Crippen LogP contribution in [0.4, 0.5) is 5.82 Å². The van der Waals surface area contributed by atoms with Gasteiger partial charge in [0.2, 0.25) is 0 Å². The number of anilines is 1. The molecule has 0 saturated carbocycles. The standard InChI is InChI=1S/C8H13N3O/c1-3-4-6-7(9)10-5(2)11-8(6)12/h3-4H2,1-2H3,(H3,9,10,11,12). The maximum Gasteiger partial charge on any atom is 0.256 e. The third kappa shape index (κ3) is 1.64. The molecule has 12 heavy (non-hydrogen) atoms. The molecule has 1 aromatic heterocycles. The fourth-order valence-electron chi connectivity index (χ4n) is 1.12. The lowest BCUT2D eigenvalue weighted by Gasteiger charge is -2.02. The molecular formula is C8H13N3O. The molecule has 0 aromatic carbocycles. The lowest BCUT2D eigenvalue weighted by atomic mass is 10.2. The van der Waals surface area contributed by atoms with E-state index in [0.717, 1.165) is 6.42 Å². The third-order valence-electron chi connectivity index (χ3n) is 1.67. The van der Waals surface area contributed by atoms with Crippen LogP contribution >= 0.6 is 0 Å². The summed E-state index contributed by atoms with van der Waals surface area (Å²) in [7, 11) is 0. The number of nitrogens with one attached hydrogen (secondary N) is 1. The molecule has 1 heterocycles. The Bertz CT molecular complexity index is 330. The van der Waals surface area contributed by atoms with Gasteiger partial charge in [-0.05, 0) is 13.3 Å². The van der Waals surface area contributed by atoms with Crippen LogP contribution in [0.1, 0.15) is 24.7 Å². The first-order chi connectivity index (χ1) is 5.65. The zero-order chi connectivity index (χ0) is 9.14. The molecule has 1 aromatic rings. The average molecular weight is 167 g/mol. The molecule has 3 N–H and O–H groups in total. The first-order valence-electron chi connectivity index (χ1n) is 4.00. The molecule has 4 nitrogen and oxygen atoms in total. The summed E-state index contributed by atoms with van der Waals surface area (Å²) in [6.45, 7) is 3.71. The summed E-state index contributed by atoms with van der Waals surface area (Å²) in [5, 5.41) is 0. The van der Waals surface area contributed by atoms with Gasteiger partial charge in [0.15, 0.2) is 0 Å². The molecule has 0 spiro atoms. The normalized spacial score (nSPS) is 10.2. The second-order valence-electron chi connectivity index (χ2n) is 2.77. The second kappa shape index (κ2) is 3.38. The number of hydrogen-bond donors (Lipinski definition) is 2. The van der Waals surface area contributed by atoms with Gasteiger partial charge in [0, 0.05) is 0 Å². The number of hydrogen-bond acceptors (Lipinski definition) is 3. The van der Waals surface area contributed by atoms with Gasteiger partial charge in [0.25, 0.3) is 5.56 Å². The highest BCUT2D eigenvalue weighted by molar-refractivity contribution is 5.37. The largest absolute Gasteiger partial charge is 0.383 e. The van der Waals surface area contributed by atoms with E-state index in [9.17, 15) is 4.79 Å². The van der Waals surface area contributed by atoms with Crippen LogP contribution in [0.2, 0.25) is 0 Å². The van der Waals surface area contributed by atoms with Crippen LogP contribution in [0, 0.1) is 6.92 Å². The van der Waals surface area contributed by atoms with Gasteiger partial charge in [0.05, 0.1) is 5.56 Å². The molecule has 0 radical (unpaired) electrons. The lowest BCUT2D eigenvalue weighted by molar-refractivity contribution is 0.877. The summed E-state index contributed by atoms with van der Waals surface area (Å²) in [6.07, 6.45) is 1.59. The SMILES string of the molecule is CCCc1c(N)nc(C)[nH]c1=O. The minimum Gasteiger partial charge on any atom is -0.383 e. The predicted octanol–water partition coefficient (Wildman–Crippen LogP) is 0.613. The van der Waals surface area contributed by atoms with Gasteiger partial charge >= 0.3 is 0 Å². The smallest absolute Gasteiger partial charge is 0.256 e. The first kappa shape index (κ1) is 8.77. The van der Waals surface area contributed by atoms with Crippen molar-refractivity contribution in [2.45, 2.75) is 26.7 Å². The van der Waals surface area contributed by atoms with E-state index in [1.165, 1.54) is 0 Å². The monoisotopic (exact) mass is 167 g/mol. The first-order valence-corrected chi connectivity index (χ1v) is 4.00. The predicted molar refractivity (Wildman–Crippen MR) is 48.0 cm³/mol. The van der Waals surface area contributed by atoms with Gasteiger partial charge in [0.1, 0.15) is 11.6 Å². The Hall–Kier alpha value is -1.32. The molecule has 1 rings (SSSR count). The molecule has 0 aliphatic carbocycles.